The highest BCUT2D eigenvalue weighted by molar-refractivity contribution is 7.89. The van der Waals surface area contributed by atoms with Gasteiger partial charge in [0.25, 0.3) is 0 Å². The Kier molecular flexibility index (Phi) is 7.90. The molecule has 4 rings (SSSR count). The van der Waals surface area contributed by atoms with Crippen LogP contribution in [0.4, 0.5) is 13.2 Å². The number of hydrogen-bond acceptors (Lipinski definition) is 2. The SMILES string of the molecule is Cc1cc(C)c(S(=O)(=O)NC(/C(=C/c2ccccc2)c2ccccc2)c2cccc(C(F)(F)F)c2)c(C)c1. The van der Waals surface area contributed by atoms with Gasteiger partial charge in [0.1, 0.15) is 0 Å². The van der Waals surface area contributed by atoms with E-state index in [9.17, 15) is 21.6 Å². The van der Waals surface area contributed by atoms with Crippen molar-refractivity contribution in [2.75, 3.05) is 0 Å². The van der Waals surface area contributed by atoms with Crippen LogP contribution in [0.25, 0.3) is 11.6 Å². The van der Waals surface area contributed by atoms with Crippen molar-refractivity contribution < 1.29 is 21.6 Å². The van der Waals surface area contributed by atoms with Gasteiger partial charge in [0.15, 0.2) is 0 Å². The molecule has 0 aliphatic heterocycles. The van der Waals surface area contributed by atoms with Gasteiger partial charge in [0, 0.05) is 0 Å². The van der Waals surface area contributed by atoms with Crippen molar-refractivity contribution in [2.24, 2.45) is 0 Å². The van der Waals surface area contributed by atoms with Crippen LogP contribution in [-0.4, -0.2) is 8.42 Å². The van der Waals surface area contributed by atoms with Gasteiger partial charge in [-0.3, -0.25) is 0 Å². The second kappa shape index (κ2) is 11.0. The zero-order valence-corrected chi connectivity index (χ0v) is 22.1. The van der Waals surface area contributed by atoms with Gasteiger partial charge in [-0.2, -0.15) is 17.9 Å². The molecule has 7 heteroatoms. The third kappa shape index (κ3) is 6.23. The first-order valence-electron chi connectivity index (χ1n) is 12.0. The summed E-state index contributed by atoms with van der Waals surface area (Å²) in [5.74, 6) is 0. The van der Waals surface area contributed by atoms with Gasteiger partial charge in [-0.15, -0.1) is 0 Å². The summed E-state index contributed by atoms with van der Waals surface area (Å²) in [4.78, 5) is 0.118. The predicted octanol–water partition coefficient (Wildman–Crippen LogP) is 7.89. The lowest BCUT2D eigenvalue weighted by Crippen LogP contribution is -2.31. The van der Waals surface area contributed by atoms with Crippen molar-refractivity contribution in [3.8, 4) is 0 Å². The number of sulfonamides is 1. The van der Waals surface area contributed by atoms with Crippen molar-refractivity contribution in [3.63, 3.8) is 0 Å². The summed E-state index contributed by atoms with van der Waals surface area (Å²) in [6.07, 6.45) is -2.78. The molecule has 4 aromatic rings. The van der Waals surface area contributed by atoms with Crippen LogP contribution in [0.15, 0.2) is 102 Å². The van der Waals surface area contributed by atoms with Crippen LogP contribution in [-0.2, 0) is 16.2 Å². The summed E-state index contributed by atoms with van der Waals surface area (Å²) < 4.78 is 71.6. The Labute approximate surface area is 221 Å². The lowest BCUT2D eigenvalue weighted by Gasteiger charge is -2.25. The lowest BCUT2D eigenvalue weighted by molar-refractivity contribution is -0.137. The van der Waals surface area contributed by atoms with Crippen molar-refractivity contribution >= 4 is 21.7 Å². The Balaban J connectivity index is 1.96. The van der Waals surface area contributed by atoms with E-state index in [0.29, 0.717) is 22.3 Å². The Bertz CT molecular complexity index is 1540. The van der Waals surface area contributed by atoms with Gasteiger partial charge < -0.3 is 0 Å². The molecule has 1 N–H and O–H groups in total. The van der Waals surface area contributed by atoms with Gasteiger partial charge in [0.05, 0.1) is 16.5 Å². The fourth-order valence-corrected chi connectivity index (χ4v) is 6.36. The first-order valence-corrected chi connectivity index (χ1v) is 13.5. The van der Waals surface area contributed by atoms with Crippen LogP contribution < -0.4 is 4.72 Å². The van der Waals surface area contributed by atoms with E-state index in [4.69, 9.17) is 0 Å². The number of rotatable bonds is 7. The Morgan fingerprint density at radius 3 is 1.95 bits per heavy atom. The number of benzene rings is 4. The Morgan fingerprint density at radius 2 is 1.37 bits per heavy atom. The van der Waals surface area contributed by atoms with E-state index in [1.54, 1.807) is 44.2 Å². The monoisotopic (exact) mass is 535 g/mol. The number of nitrogens with one attached hydrogen (secondary N) is 1. The Hall–Kier alpha value is -3.68. The van der Waals surface area contributed by atoms with Gasteiger partial charge in [-0.25, -0.2) is 8.42 Å². The standard InChI is InChI=1S/C31H28F3NO2S/c1-21-17-22(2)30(23(3)18-21)38(36,37)35-29(26-15-10-16-27(20-26)31(32,33)34)28(25-13-8-5-9-14-25)19-24-11-6-4-7-12-24/h4-20,29,35H,1-3H3/b28-19+. The molecule has 0 radical (unpaired) electrons. The highest BCUT2D eigenvalue weighted by Gasteiger charge is 2.33. The van der Waals surface area contributed by atoms with Crippen LogP contribution in [0.2, 0.25) is 0 Å². The second-order valence-electron chi connectivity index (χ2n) is 9.28. The molecule has 0 saturated heterocycles. The van der Waals surface area contributed by atoms with Crippen LogP contribution in [0.1, 0.15) is 45.0 Å². The smallest absolute Gasteiger partial charge is 0.207 e. The number of aryl methyl sites for hydroxylation is 3. The van der Waals surface area contributed by atoms with Crippen LogP contribution >= 0.6 is 0 Å². The molecule has 0 bridgehead atoms. The normalized spacial score (nSPS) is 13.4. The first-order chi connectivity index (χ1) is 18.0. The second-order valence-corrected chi connectivity index (χ2v) is 10.9. The third-order valence-electron chi connectivity index (χ3n) is 6.23. The van der Waals surface area contributed by atoms with Gasteiger partial charge in [0.2, 0.25) is 10.0 Å². The molecule has 1 unspecified atom stereocenters. The van der Waals surface area contributed by atoms with E-state index in [0.717, 1.165) is 23.3 Å². The molecule has 4 aromatic carbocycles. The molecule has 0 saturated carbocycles. The zero-order chi connectivity index (χ0) is 27.5. The molecule has 0 fully saturated rings. The highest BCUT2D eigenvalue weighted by atomic mass is 32.2. The minimum absolute atomic E-state index is 0.118. The molecule has 196 valence electrons. The number of halogens is 3. The summed E-state index contributed by atoms with van der Waals surface area (Å²) in [5, 5.41) is 0. The van der Waals surface area contributed by atoms with Crippen LogP contribution in [0, 0.1) is 20.8 Å². The Morgan fingerprint density at radius 1 is 0.789 bits per heavy atom. The van der Waals surface area contributed by atoms with Crippen LogP contribution in [0.5, 0.6) is 0 Å². The zero-order valence-electron chi connectivity index (χ0n) is 21.3. The predicted molar refractivity (Wildman–Crippen MR) is 146 cm³/mol. The summed E-state index contributed by atoms with van der Waals surface area (Å²) in [7, 11) is -4.15. The van der Waals surface area contributed by atoms with E-state index in [2.05, 4.69) is 4.72 Å². The third-order valence-corrected chi connectivity index (χ3v) is 7.96. The fraction of sp³-hybridized carbons (Fsp3) is 0.161. The van der Waals surface area contributed by atoms with E-state index >= 15 is 0 Å². The van der Waals surface area contributed by atoms with E-state index in [-0.39, 0.29) is 10.5 Å². The minimum Gasteiger partial charge on any atom is -0.207 e. The molecule has 1 atom stereocenters. The topological polar surface area (TPSA) is 46.2 Å². The molecular formula is C31H28F3NO2S. The summed E-state index contributed by atoms with van der Waals surface area (Å²) >= 11 is 0. The largest absolute Gasteiger partial charge is 0.416 e. The summed E-state index contributed by atoms with van der Waals surface area (Å²) in [6, 6.07) is 25.6. The van der Waals surface area contributed by atoms with Crippen molar-refractivity contribution in [3.05, 3.63) is 136 Å². The molecule has 0 aliphatic carbocycles. The molecule has 38 heavy (non-hydrogen) atoms. The first kappa shape index (κ1) is 27.4. The number of alkyl halides is 3. The van der Waals surface area contributed by atoms with Crippen molar-refractivity contribution in [1.29, 1.82) is 0 Å². The highest BCUT2D eigenvalue weighted by Crippen LogP contribution is 2.37. The van der Waals surface area contributed by atoms with Gasteiger partial charge in [-0.1, -0.05) is 90.5 Å². The minimum atomic E-state index is -4.58. The lowest BCUT2D eigenvalue weighted by atomic mass is 9.91. The molecular weight excluding hydrogens is 507 g/mol. The molecule has 0 aliphatic rings. The molecule has 0 heterocycles. The fourth-order valence-electron chi connectivity index (χ4n) is 4.70. The summed E-state index contributed by atoms with van der Waals surface area (Å²) in [6.45, 7) is 5.31. The average molecular weight is 536 g/mol. The summed E-state index contributed by atoms with van der Waals surface area (Å²) in [5.41, 5.74) is 3.34. The number of hydrogen-bond donors (Lipinski definition) is 1. The maximum atomic E-state index is 13.9. The van der Waals surface area contributed by atoms with E-state index in [1.165, 1.54) is 12.1 Å². The van der Waals surface area contributed by atoms with Crippen molar-refractivity contribution in [2.45, 2.75) is 37.9 Å². The molecule has 3 nitrogen and oxygen atoms in total. The quantitative estimate of drug-likeness (QED) is 0.245. The van der Waals surface area contributed by atoms with Gasteiger partial charge in [-0.05, 0) is 72.4 Å². The molecule has 0 spiro atoms. The van der Waals surface area contributed by atoms with Crippen LogP contribution in [0.3, 0.4) is 0 Å². The van der Waals surface area contributed by atoms with E-state index < -0.39 is 27.8 Å². The molecule has 0 amide bonds. The van der Waals surface area contributed by atoms with Gasteiger partial charge >= 0.3 is 6.18 Å². The van der Waals surface area contributed by atoms with Crippen molar-refractivity contribution in [1.82, 2.24) is 4.72 Å². The van der Waals surface area contributed by atoms with E-state index in [1.807, 2.05) is 55.5 Å². The maximum absolute atomic E-state index is 13.9. The average Bonchev–Trinajstić information content (AvgIpc) is 2.86. The maximum Gasteiger partial charge on any atom is 0.416 e. The molecule has 0 aromatic heterocycles.